The second-order valence-corrected chi connectivity index (χ2v) is 15.1. The molecule has 1 saturated heterocycles. The van der Waals surface area contributed by atoms with Crippen molar-refractivity contribution < 1.29 is 49.0 Å². The van der Waals surface area contributed by atoms with Crippen LogP contribution in [-0.4, -0.2) is 89.0 Å². The molecule has 0 aromatic rings. The molecule has 0 aromatic carbocycles. The Hall–Kier alpha value is -2.60. The predicted molar refractivity (Wildman–Crippen MR) is 228 cm³/mol. The van der Waals surface area contributed by atoms with E-state index in [0.29, 0.717) is 12.8 Å². The highest BCUT2D eigenvalue weighted by atomic mass is 16.7. The summed E-state index contributed by atoms with van der Waals surface area (Å²) in [6.45, 7) is 3.24. The van der Waals surface area contributed by atoms with Gasteiger partial charge in [0.05, 0.1) is 13.2 Å². The lowest BCUT2D eigenvalue weighted by atomic mass is 9.99. The SMILES string of the molecule is CC/C=C\C/C=C\C/C=C\CCCCCC(=O)OC(COC(=O)CCCCCCCCCCC/C=C\C/C=C\CCCCC)COC1OC(CO)C(O)C(O)C1O. The van der Waals surface area contributed by atoms with Crippen LogP contribution >= 0.6 is 0 Å². The maximum Gasteiger partial charge on any atom is 0.306 e. The number of carbonyl (C=O) groups excluding carboxylic acids is 2. The van der Waals surface area contributed by atoms with Crippen molar-refractivity contribution in [2.24, 2.45) is 0 Å². The normalized spacial score (nSPS) is 20.8. The molecule has 0 saturated carbocycles. The number of esters is 2. The highest BCUT2D eigenvalue weighted by Crippen LogP contribution is 2.22. The summed E-state index contributed by atoms with van der Waals surface area (Å²) in [5.74, 6) is -0.850. The third-order valence-corrected chi connectivity index (χ3v) is 9.89. The number of ether oxygens (including phenoxy) is 4. The van der Waals surface area contributed by atoms with Gasteiger partial charge in [-0.1, -0.05) is 139 Å². The Bertz CT molecular complexity index is 1110. The zero-order valence-electron chi connectivity index (χ0n) is 35.6. The van der Waals surface area contributed by atoms with Crippen molar-refractivity contribution in [3.05, 3.63) is 60.8 Å². The molecule has 1 fully saturated rings. The first-order chi connectivity index (χ1) is 27.8. The second-order valence-electron chi connectivity index (χ2n) is 15.1. The largest absolute Gasteiger partial charge is 0.462 e. The van der Waals surface area contributed by atoms with E-state index < -0.39 is 55.4 Å². The predicted octanol–water partition coefficient (Wildman–Crippen LogP) is 9.44. The van der Waals surface area contributed by atoms with Crippen molar-refractivity contribution in [2.45, 2.75) is 205 Å². The van der Waals surface area contributed by atoms with Gasteiger partial charge in [0.2, 0.25) is 0 Å². The Labute approximate surface area is 345 Å². The zero-order valence-corrected chi connectivity index (χ0v) is 35.6. The van der Waals surface area contributed by atoms with E-state index in [1.54, 1.807) is 0 Å². The van der Waals surface area contributed by atoms with Crippen molar-refractivity contribution >= 4 is 11.9 Å². The molecule has 0 aromatic heterocycles. The Morgan fingerprint density at radius 3 is 1.58 bits per heavy atom. The van der Waals surface area contributed by atoms with E-state index in [2.05, 4.69) is 74.6 Å². The van der Waals surface area contributed by atoms with Crippen LogP contribution < -0.4 is 0 Å². The summed E-state index contributed by atoms with van der Waals surface area (Å²) in [5, 5.41) is 40.0. The lowest BCUT2D eigenvalue weighted by molar-refractivity contribution is -0.305. The number of carbonyl (C=O) groups is 2. The van der Waals surface area contributed by atoms with E-state index in [4.69, 9.17) is 18.9 Å². The molecule has 0 bridgehead atoms. The van der Waals surface area contributed by atoms with Gasteiger partial charge in [0.15, 0.2) is 12.4 Å². The maximum atomic E-state index is 12.7. The molecular formula is C47H80O10. The van der Waals surface area contributed by atoms with E-state index >= 15 is 0 Å². The van der Waals surface area contributed by atoms with Gasteiger partial charge in [0.1, 0.15) is 31.0 Å². The molecule has 1 rings (SSSR count). The average molecular weight is 805 g/mol. The quantitative estimate of drug-likeness (QED) is 0.0274. The van der Waals surface area contributed by atoms with Crippen LogP contribution in [0.15, 0.2) is 60.8 Å². The maximum absolute atomic E-state index is 12.7. The van der Waals surface area contributed by atoms with Crippen molar-refractivity contribution in [1.82, 2.24) is 0 Å². The number of aliphatic hydroxyl groups is 4. The summed E-state index contributed by atoms with van der Waals surface area (Å²) in [6, 6.07) is 0. The fraction of sp³-hybridized carbons (Fsp3) is 0.745. The van der Waals surface area contributed by atoms with Crippen LogP contribution in [0.3, 0.4) is 0 Å². The molecule has 6 unspecified atom stereocenters. The van der Waals surface area contributed by atoms with Gasteiger partial charge in [-0.05, 0) is 77.0 Å². The third kappa shape index (κ3) is 29.3. The lowest BCUT2D eigenvalue weighted by Gasteiger charge is -2.39. The molecule has 0 radical (unpaired) electrons. The standard InChI is InChI=1S/C47H80O10/c1-3-5-7-9-11-13-15-17-18-19-20-21-22-24-25-27-29-31-33-35-42(49)54-38-40(39-55-47-46(53)45(52)44(51)41(37-48)57-47)56-43(50)36-34-32-30-28-26-23-16-14-12-10-8-6-4-2/h6,8,11-14,17-18,23,26,40-41,44-48,51-53H,3-5,7,9-10,15-16,19-22,24-25,27-39H2,1-2H3/b8-6-,13-11-,14-12-,18-17-,26-23-. The number of unbranched alkanes of at least 4 members (excludes halogenated alkanes) is 15. The Morgan fingerprint density at radius 1 is 0.561 bits per heavy atom. The molecule has 1 heterocycles. The summed E-state index contributed by atoms with van der Waals surface area (Å²) in [7, 11) is 0. The minimum absolute atomic E-state index is 0.191. The highest BCUT2D eigenvalue weighted by Gasteiger charge is 2.44. The Morgan fingerprint density at radius 2 is 1.04 bits per heavy atom. The van der Waals surface area contributed by atoms with E-state index in [1.807, 2.05) is 0 Å². The van der Waals surface area contributed by atoms with Gasteiger partial charge in [0, 0.05) is 12.8 Å². The Kier molecular flexibility index (Phi) is 34.6. The van der Waals surface area contributed by atoms with Crippen molar-refractivity contribution in [3.63, 3.8) is 0 Å². The van der Waals surface area contributed by atoms with Gasteiger partial charge >= 0.3 is 11.9 Å². The molecule has 0 amide bonds. The van der Waals surface area contributed by atoms with Crippen molar-refractivity contribution in [3.8, 4) is 0 Å². The van der Waals surface area contributed by atoms with Gasteiger partial charge < -0.3 is 39.4 Å². The summed E-state index contributed by atoms with van der Waals surface area (Å²) >= 11 is 0. The summed E-state index contributed by atoms with van der Waals surface area (Å²) in [5.41, 5.74) is 0. The Balaban J connectivity index is 2.33. The minimum atomic E-state index is -1.60. The van der Waals surface area contributed by atoms with Crippen LogP contribution in [0.1, 0.15) is 168 Å². The molecule has 57 heavy (non-hydrogen) atoms. The zero-order chi connectivity index (χ0) is 41.6. The number of aliphatic hydroxyl groups excluding tert-OH is 4. The van der Waals surface area contributed by atoms with Crippen LogP contribution in [0.2, 0.25) is 0 Å². The summed E-state index contributed by atoms with van der Waals surface area (Å²) < 4.78 is 22.1. The fourth-order valence-corrected chi connectivity index (χ4v) is 6.35. The minimum Gasteiger partial charge on any atom is -0.462 e. The summed E-state index contributed by atoms with van der Waals surface area (Å²) in [6.07, 6.45) is 38.0. The van der Waals surface area contributed by atoms with Crippen LogP contribution in [0, 0.1) is 0 Å². The highest BCUT2D eigenvalue weighted by molar-refractivity contribution is 5.70. The second kappa shape index (κ2) is 37.7. The van der Waals surface area contributed by atoms with E-state index in [0.717, 1.165) is 70.6 Å². The molecule has 0 aliphatic carbocycles. The average Bonchev–Trinajstić information content (AvgIpc) is 3.21. The van der Waals surface area contributed by atoms with Gasteiger partial charge in [-0.15, -0.1) is 0 Å². The third-order valence-electron chi connectivity index (χ3n) is 9.89. The van der Waals surface area contributed by atoms with Gasteiger partial charge in [0.25, 0.3) is 0 Å². The smallest absolute Gasteiger partial charge is 0.306 e. The van der Waals surface area contributed by atoms with Crippen LogP contribution in [0.25, 0.3) is 0 Å². The summed E-state index contributed by atoms with van der Waals surface area (Å²) in [4.78, 5) is 25.3. The van der Waals surface area contributed by atoms with Crippen LogP contribution in [0.4, 0.5) is 0 Å². The van der Waals surface area contributed by atoms with Gasteiger partial charge in [-0.25, -0.2) is 0 Å². The topological polar surface area (TPSA) is 152 Å². The number of allylic oxidation sites excluding steroid dienone is 10. The molecule has 1 aliphatic heterocycles. The van der Waals surface area contributed by atoms with E-state index in [-0.39, 0.29) is 26.1 Å². The van der Waals surface area contributed by atoms with Crippen molar-refractivity contribution in [2.75, 3.05) is 19.8 Å². The fourth-order valence-electron chi connectivity index (χ4n) is 6.35. The van der Waals surface area contributed by atoms with Gasteiger partial charge in [-0.2, -0.15) is 0 Å². The molecular weight excluding hydrogens is 725 g/mol. The molecule has 10 nitrogen and oxygen atoms in total. The first-order valence-corrected chi connectivity index (χ1v) is 22.4. The van der Waals surface area contributed by atoms with E-state index in [1.165, 1.54) is 57.8 Å². The molecule has 0 spiro atoms. The van der Waals surface area contributed by atoms with Crippen LogP contribution in [0.5, 0.6) is 0 Å². The number of hydrogen-bond acceptors (Lipinski definition) is 10. The van der Waals surface area contributed by atoms with E-state index in [9.17, 15) is 30.0 Å². The molecule has 6 atom stereocenters. The van der Waals surface area contributed by atoms with Gasteiger partial charge in [-0.3, -0.25) is 9.59 Å². The first-order valence-electron chi connectivity index (χ1n) is 22.4. The lowest BCUT2D eigenvalue weighted by Crippen LogP contribution is -2.59. The molecule has 4 N–H and O–H groups in total. The monoisotopic (exact) mass is 805 g/mol. The molecule has 1 aliphatic rings. The number of rotatable bonds is 36. The van der Waals surface area contributed by atoms with Crippen molar-refractivity contribution in [1.29, 1.82) is 0 Å². The molecule has 328 valence electrons. The molecule has 10 heteroatoms. The number of hydrogen-bond donors (Lipinski definition) is 4. The van der Waals surface area contributed by atoms with Crippen LogP contribution in [-0.2, 0) is 28.5 Å². The first kappa shape index (κ1) is 52.4.